The van der Waals surface area contributed by atoms with Crippen LogP contribution in [-0.4, -0.2) is 33.8 Å². The van der Waals surface area contributed by atoms with E-state index in [-0.39, 0.29) is 39.7 Å². The maximum Gasteiger partial charge on any atom is 0.277 e. The minimum atomic E-state index is -0.590. The zero-order valence-corrected chi connectivity index (χ0v) is 16.6. The van der Waals surface area contributed by atoms with E-state index in [0.29, 0.717) is 11.5 Å². The summed E-state index contributed by atoms with van der Waals surface area (Å²) in [7, 11) is 1.56. The van der Waals surface area contributed by atoms with Gasteiger partial charge in [-0.3, -0.25) is 14.9 Å². The molecule has 0 aliphatic carbocycles. The SMILES string of the molecule is COc1cccc(OCc2nnc(SCC(=O)c3cc([N+](=O)[O-])ccc3Cl)o2)c1. The van der Waals surface area contributed by atoms with Crippen LogP contribution in [0.3, 0.4) is 0 Å². The monoisotopic (exact) mass is 435 g/mol. The Kier molecular flexibility index (Phi) is 6.68. The highest BCUT2D eigenvalue weighted by atomic mass is 35.5. The molecule has 0 aliphatic rings. The minimum Gasteiger partial charge on any atom is -0.497 e. The van der Waals surface area contributed by atoms with Gasteiger partial charge in [-0.15, -0.1) is 10.2 Å². The molecule has 0 fully saturated rings. The van der Waals surface area contributed by atoms with Crippen LogP contribution in [0, 0.1) is 10.1 Å². The number of ketones is 1. The van der Waals surface area contributed by atoms with Crippen LogP contribution in [0.1, 0.15) is 16.2 Å². The highest BCUT2D eigenvalue weighted by Crippen LogP contribution is 2.25. The first-order valence-corrected chi connectivity index (χ1v) is 9.52. The first-order valence-electron chi connectivity index (χ1n) is 8.15. The second-order valence-electron chi connectivity index (χ2n) is 5.56. The molecule has 0 unspecified atom stereocenters. The molecule has 9 nitrogen and oxygen atoms in total. The molecule has 0 spiro atoms. The van der Waals surface area contributed by atoms with Gasteiger partial charge in [-0.1, -0.05) is 29.4 Å². The molecule has 150 valence electrons. The van der Waals surface area contributed by atoms with E-state index in [4.69, 9.17) is 25.5 Å². The van der Waals surface area contributed by atoms with E-state index in [0.717, 1.165) is 17.8 Å². The topological polar surface area (TPSA) is 118 Å². The molecule has 3 rings (SSSR count). The lowest BCUT2D eigenvalue weighted by atomic mass is 10.1. The number of halogens is 1. The van der Waals surface area contributed by atoms with Crippen molar-refractivity contribution >= 4 is 34.8 Å². The van der Waals surface area contributed by atoms with Crippen molar-refractivity contribution in [2.75, 3.05) is 12.9 Å². The number of Topliss-reactive ketones (excluding diaryl/α,β-unsaturated/α-hetero) is 1. The van der Waals surface area contributed by atoms with Gasteiger partial charge in [0.15, 0.2) is 12.4 Å². The van der Waals surface area contributed by atoms with Crippen LogP contribution in [0.4, 0.5) is 5.69 Å². The number of benzene rings is 2. The lowest BCUT2D eigenvalue weighted by Crippen LogP contribution is -2.04. The molecular weight excluding hydrogens is 422 g/mol. The second-order valence-corrected chi connectivity index (χ2v) is 6.90. The van der Waals surface area contributed by atoms with Crippen LogP contribution in [-0.2, 0) is 6.61 Å². The Morgan fingerprint density at radius 1 is 1.24 bits per heavy atom. The summed E-state index contributed by atoms with van der Waals surface area (Å²) in [5, 5.41) is 18.9. The molecule has 0 amide bonds. The van der Waals surface area contributed by atoms with Crippen molar-refractivity contribution in [2.24, 2.45) is 0 Å². The van der Waals surface area contributed by atoms with Crippen molar-refractivity contribution in [3.8, 4) is 11.5 Å². The van der Waals surface area contributed by atoms with Gasteiger partial charge < -0.3 is 13.9 Å². The highest BCUT2D eigenvalue weighted by molar-refractivity contribution is 7.99. The predicted octanol–water partition coefficient (Wildman–Crippen LogP) is 4.19. The van der Waals surface area contributed by atoms with Gasteiger partial charge in [0, 0.05) is 23.8 Å². The Balaban J connectivity index is 1.57. The maximum atomic E-state index is 12.3. The van der Waals surface area contributed by atoms with Crippen molar-refractivity contribution in [3.63, 3.8) is 0 Å². The number of ether oxygens (including phenoxy) is 2. The number of hydrogen-bond acceptors (Lipinski definition) is 9. The number of thioether (sulfide) groups is 1. The number of nitro groups is 1. The van der Waals surface area contributed by atoms with E-state index < -0.39 is 10.7 Å². The summed E-state index contributed by atoms with van der Waals surface area (Å²) in [6, 6.07) is 10.7. The van der Waals surface area contributed by atoms with Gasteiger partial charge in [-0.2, -0.15) is 0 Å². The average Bonchev–Trinajstić information content (AvgIpc) is 3.18. The third kappa shape index (κ3) is 5.46. The molecule has 0 atom stereocenters. The molecule has 0 radical (unpaired) electrons. The summed E-state index contributed by atoms with van der Waals surface area (Å²) >= 11 is 6.97. The quantitative estimate of drug-likeness (QED) is 0.211. The van der Waals surface area contributed by atoms with Crippen LogP contribution in [0.5, 0.6) is 11.5 Å². The van der Waals surface area contributed by atoms with Gasteiger partial charge in [0.1, 0.15) is 11.5 Å². The second kappa shape index (κ2) is 9.39. The van der Waals surface area contributed by atoms with Gasteiger partial charge >= 0.3 is 0 Å². The third-order valence-electron chi connectivity index (χ3n) is 3.64. The number of nitrogens with zero attached hydrogens (tertiary/aromatic N) is 3. The van der Waals surface area contributed by atoms with Crippen LogP contribution in [0.2, 0.25) is 5.02 Å². The number of rotatable bonds is 9. The molecule has 29 heavy (non-hydrogen) atoms. The molecular formula is C18H14ClN3O6S. The lowest BCUT2D eigenvalue weighted by Gasteiger charge is -2.05. The Bertz CT molecular complexity index is 1040. The van der Waals surface area contributed by atoms with Gasteiger partial charge in [-0.25, -0.2) is 0 Å². The van der Waals surface area contributed by atoms with Gasteiger partial charge in [0.25, 0.3) is 16.8 Å². The Hall–Kier alpha value is -3.11. The van der Waals surface area contributed by atoms with Crippen LogP contribution >= 0.6 is 23.4 Å². The largest absolute Gasteiger partial charge is 0.497 e. The molecule has 0 saturated carbocycles. The molecule has 0 N–H and O–H groups in total. The van der Waals surface area contributed by atoms with E-state index in [2.05, 4.69) is 10.2 Å². The molecule has 3 aromatic rings. The molecule has 2 aromatic carbocycles. The molecule has 11 heteroatoms. The van der Waals surface area contributed by atoms with E-state index in [1.165, 1.54) is 12.1 Å². The summed E-state index contributed by atoms with van der Waals surface area (Å²) < 4.78 is 16.1. The number of carbonyl (C=O) groups excluding carboxylic acids is 1. The third-order valence-corrected chi connectivity index (χ3v) is 4.79. The summed E-state index contributed by atoms with van der Waals surface area (Å²) in [5.41, 5.74) is -0.146. The maximum absolute atomic E-state index is 12.3. The van der Waals surface area contributed by atoms with E-state index in [1.807, 2.05) is 0 Å². The normalized spacial score (nSPS) is 10.6. The van der Waals surface area contributed by atoms with Crippen molar-refractivity contribution < 1.29 is 23.6 Å². The fourth-order valence-corrected chi connectivity index (χ4v) is 3.12. The fraction of sp³-hybridized carbons (Fsp3) is 0.167. The van der Waals surface area contributed by atoms with Crippen molar-refractivity contribution in [2.45, 2.75) is 11.8 Å². The zero-order valence-electron chi connectivity index (χ0n) is 15.0. The van der Waals surface area contributed by atoms with Gasteiger partial charge in [0.2, 0.25) is 0 Å². The van der Waals surface area contributed by atoms with E-state index >= 15 is 0 Å². The van der Waals surface area contributed by atoms with Crippen LogP contribution in [0.25, 0.3) is 0 Å². The van der Waals surface area contributed by atoms with E-state index in [1.54, 1.807) is 31.4 Å². The van der Waals surface area contributed by atoms with Gasteiger partial charge in [-0.05, 0) is 18.2 Å². The number of methoxy groups -OCH3 is 1. The number of carbonyl (C=O) groups is 1. The number of aromatic nitrogens is 2. The zero-order chi connectivity index (χ0) is 20.8. The van der Waals surface area contributed by atoms with Crippen molar-refractivity contribution in [3.05, 3.63) is 69.1 Å². The molecule has 1 heterocycles. The predicted molar refractivity (Wildman–Crippen MR) is 105 cm³/mol. The Morgan fingerprint density at radius 2 is 2.03 bits per heavy atom. The lowest BCUT2D eigenvalue weighted by molar-refractivity contribution is -0.384. The Labute approximate surface area is 174 Å². The van der Waals surface area contributed by atoms with Crippen molar-refractivity contribution in [1.29, 1.82) is 0 Å². The molecule has 0 aliphatic heterocycles. The smallest absolute Gasteiger partial charge is 0.277 e. The van der Waals surface area contributed by atoms with Crippen LogP contribution < -0.4 is 9.47 Å². The summed E-state index contributed by atoms with van der Waals surface area (Å²) in [5.74, 6) is 1.00. The molecule has 0 bridgehead atoms. The highest BCUT2D eigenvalue weighted by Gasteiger charge is 2.17. The average molecular weight is 436 g/mol. The fourth-order valence-electron chi connectivity index (χ4n) is 2.24. The Morgan fingerprint density at radius 3 is 2.79 bits per heavy atom. The summed E-state index contributed by atoms with van der Waals surface area (Å²) in [6.45, 7) is 0.0470. The van der Waals surface area contributed by atoms with Crippen LogP contribution in [0.15, 0.2) is 52.1 Å². The molecule has 1 aromatic heterocycles. The number of non-ortho nitro benzene ring substituents is 1. The van der Waals surface area contributed by atoms with Crippen molar-refractivity contribution in [1.82, 2.24) is 10.2 Å². The first-order chi connectivity index (χ1) is 14.0. The van der Waals surface area contributed by atoms with Gasteiger partial charge in [0.05, 0.1) is 22.8 Å². The summed E-state index contributed by atoms with van der Waals surface area (Å²) in [4.78, 5) is 22.6. The standard InChI is InChI=1S/C18H14ClN3O6S/c1-26-12-3-2-4-13(8-12)27-9-17-20-21-18(28-17)29-10-16(23)14-7-11(22(24)25)5-6-15(14)19/h2-8H,9-10H2,1H3. The number of nitro benzene ring substituents is 1. The minimum absolute atomic E-state index is 0.0470. The number of hydrogen-bond donors (Lipinski definition) is 0. The summed E-state index contributed by atoms with van der Waals surface area (Å²) in [6.07, 6.45) is 0. The first kappa shape index (κ1) is 20.6. The molecule has 0 saturated heterocycles. The van der Waals surface area contributed by atoms with E-state index in [9.17, 15) is 14.9 Å².